The Morgan fingerprint density at radius 3 is 2.38 bits per heavy atom. The molecule has 0 aromatic heterocycles. The van der Waals surface area contributed by atoms with Crippen LogP contribution in [0.15, 0.2) is 89.6 Å². The molecule has 0 atom stereocenters. The van der Waals surface area contributed by atoms with Gasteiger partial charge in [0.25, 0.3) is 0 Å². The Kier molecular flexibility index (Phi) is 5.38. The Bertz CT molecular complexity index is 1070. The zero-order valence-electron chi connectivity index (χ0n) is 15.9. The maximum Gasteiger partial charge on any atom is 0.363 e. The third kappa shape index (κ3) is 4.35. The van der Waals surface area contributed by atoms with Crippen molar-refractivity contribution in [3.63, 3.8) is 0 Å². The molecule has 0 aliphatic carbocycles. The maximum atomic E-state index is 12.2. The van der Waals surface area contributed by atoms with Crippen LogP contribution in [0.5, 0.6) is 11.5 Å². The van der Waals surface area contributed by atoms with Gasteiger partial charge >= 0.3 is 5.97 Å². The molecule has 3 aromatic carbocycles. The number of cyclic esters (lactones) is 1. The number of carbonyl (C=O) groups is 1. The van der Waals surface area contributed by atoms with Crippen molar-refractivity contribution in [1.29, 1.82) is 0 Å². The number of benzene rings is 3. The molecular formula is C24H19NO4. The first kappa shape index (κ1) is 18.5. The van der Waals surface area contributed by atoms with E-state index in [0.29, 0.717) is 24.0 Å². The van der Waals surface area contributed by atoms with Gasteiger partial charge in [-0.25, -0.2) is 9.79 Å². The Morgan fingerprint density at radius 1 is 0.931 bits per heavy atom. The summed E-state index contributed by atoms with van der Waals surface area (Å²) in [6.07, 6.45) is 1.67. The Hall–Kier alpha value is -3.86. The van der Waals surface area contributed by atoms with Gasteiger partial charge in [-0.15, -0.1) is 0 Å². The second kappa shape index (κ2) is 8.44. The van der Waals surface area contributed by atoms with Gasteiger partial charge in [0.2, 0.25) is 5.90 Å². The van der Waals surface area contributed by atoms with E-state index in [-0.39, 0.29) is 5.70 Å². The van der Waals surface area contributed by atoms with E-state index in [4.69, 9.17) is 14.2 Å². The highest BCUT2D eigenvalue weighted by Crippen LogP contribution is 2.30. The molecule has 5 heteroatoms. The number of hydrogen-bond donors (Lipinski definition) is 0. The quantitative estimate of drug-likeness (QED) is 0.459. The van der Waals surface area contributed by atoms with Crippen LogP contribution in [0.1, 0.15) is 16.7 Å². The van der Waals surface area contributed by atoms with Crippen LogP contribution in [0, 0.1) is 0 Å². The molecule has 0 saturated heterocycles. The lowest BCUT2D eigenvalue weighted by atomic mass is 10.1. The predicted molar refractivity (Wildman–Crippen MR) is 111 cm³/mol. The zero-order valence-corrected chi connectivity index (χ0v) is 15.9. The normalized spacial score (nSPS) is 14.4. The van der Waals surface area contributed by atoms with Crippen molar-refractivity contribution in [1.82, 2.24) is 0 Å². The largest absolute Gasteiger partial charge is 0.493 e. The zero-order chi connectivity index (χ0) is 20.1. The summed E-state index contributed by atoms with van der Waals surface area (Å²) >= 11 is 0. The second-order valence-electron chi connectivity index (χ2n) is 6.39. The van der Waals surface area contributed by atoms with Crippen LogP contribution in [0.2, 0.25) is 0 Å². The number of methoxy groups -OCH3 is 1. The molecule has 1 heterocycles. The highest BCUT2D eigenvalue weighted by molar-refractivity contribution is 6.12. The monoisotopic (exact) mass is 385 g/mol. The van der Waals surface area contributed by atoms with Crippen molar-refractivity contribution < 1.29 is 19.0 Å². The minimum absolute atomic E-state index is 0.239. The van der Waals surface area contributed by atoms with Gasteiger partial charge in [-0.05, 0) is 41.5 Å². The van der Waals surface area contributed by atoms with E-state index in [9.17, 15) is 4.79 Å². The molecule has 1 aliphatic rings. The van der Waals surface area contributed by atoms with Gasteiger partial charge in [0.05, 0.1) is 7.11 Å². The van der Waals surface area contributed by atoms with Gasteiger partial charge in [0.1, 0.15) is 6.61 Å². The van der Waals surface area contributed by atoms with Crippen molar-refractivity contribution in [3.05, 3.63) is 101 Å². The summed E-state index contributed by atoms with van der Waals surface area (Å²) in [6.45, 7) is 0.412. The summed E-state index contributed by atoms with van der Waals surface area (Å²) < 4.78 is 16.6. The molecule has 144 valence electrons. The molecule has 29 heavy (non-hydrogen) atoms. The van der Waals surface area contributed by atoms with Crippen molar-refractivity contribution in [2.45, 2.75) is 6.61 Å². The predicted octanol–water partition coefficient (Wildman–Crippen LogP) is 4.62. The van der Waals surface area contributed by atoms with Crippen LogP contribution in [-0.2, 0) is 16.1 Å². The van der Waals surface area contributed by atoms with E-state index in [1.165, 1.54) is 0 Å². The summed E-state index contributed by atoms with van der Waals surface area (Å²) in [5.74, 6) is 1.03. The number of esters is 1. The minimum atomic E-state index is -0.480. The lowest BCUT2D eigenvalue weighted by Crippen LogP contribution is -2.04. The average molecular weight is 385 g/mol. The molecule has 0 N–H and O–H groups in total. The van der Waals surface area contributed by atoms with Gasteiger partial charge in [0.15, 0.2) is 17.2 Å². The molecule has 3 aromatic rings. The van der Waals surface area contributed by atoms with Gasteiger partial charge in [-0.1, -0.05) is 54.6 Å². The number of hydrogen-bond acceptors (Lipinski definition) is 5. The van der Waals surface area contributed by atoms with E-state index >= 15 is 0 Å². The fraction of sp³-hybridized carbons (Fsp3) is 0.0833. The van der Waals surface area contributed by atoms with Crippen molar-refractivity contribution in [3.8, 4) is 11.5 Å². The smallest absolute Gasteiger partial charge is 0.363 e. The van der Waals surface area contributed by atoms with Gasteiger partial charge < -0.3 is 14.2 Å². The third-order valence-electron chi connectivity index (χ3n) is 4.37. The molecule has 0 amide bonds. The number of aliphatic imine (C=N–C) groups is 1. The average Bonchev–Trinajstić information content (AvgIpc) is 3.14. The van der Waals surface area contributed by atoms with E-state index in [1.54, 1.807) is 19.3 Å². The summed E-state index contributed by atoms with van der Waals surface area (Å²) in [4.78, 5) is 16.6. The molecule has 0 bridgehead atoms. The van der Waals surface area contributed by atoms with Crippen LogP contribution in [-0.4, -0.2) is 19.0 Å². The van der Waals surface area contributed by atoms with E-state index < -0.39 is 5.97 Å². The first-order chi connectivity index (χ1) is 14.2. The summed E-state index contributed by atoms with van der Waals surface area (Å²) in [5.41, 5.74) is 2.81. The van der Waals surface area contributed by atoms with Crippen LogP contribution in [0.25, 0.3) is 6.08 Å². The van der Waals surface area contributed by atoms with E-state index in [1.807, 2.05) is 72.8 Å². The molecule has 4 rings (SSSR count). The van der Waals surface area contributed by atoms with E-state index in [0.717, 1.165) is 16.7 Å². The minimum Gasteiger partial charge on any atom is -0.493 e. The number of nitrogens with zero attached hydrogens (tertiary/aromatic N) is 1. The molecule has 0 fully saturated rings. The van der Waals surface area contributed by atoms with Crippen molar-refractivity contribution >= 4 is 17.9 Å². The highest BCUT2D eigenvalue weighted by atomic mass is 16.6. The molecule has 0 radical (unpaired) electrons. The standard InChI is InChI=1S/C24H19NO4/c1-27-21-13-12-18(15-22(21)28-16-17-8-4-2-5-9-17)14-20-24(26)29-23(25-20)19-10-6-3-7-11-19/h2-15H,16H2,1H3/b20-14-. The van der Waals surface area contributed by atoms with Crippen LogP contribution in [0.3, 0.4) is 0 Å². The molecule has 0 unspecified atom stereocenters. The van der Waals surface area contributed by atoms with Gasteiger partial charge in [0, 0.05) is 5.56 Å². The van der Waals surface area contributed by atoms with Crippen LogP contribution >= 0.6 is 0 Å². The number of ether oxygens (including phenoxy) is 3. The summed E-state index contributed by atoms with van der Waals surface area (Å²) in [7, 11) is 1.59. The Balaban J connectivity index is 1.58. The van der Waals surface area contributed by atoms with E-state index in [2.05, 4.69) is 4.99 Å². The molecule has 0 saturated carbocycles. The third-order valence-corrected chi connectivity index (χ3v) is 4.37. The van der Waals surface area contributed by atoms with Gasteiger partial charge in [-0.3, -0.25) is 0 Å². The molecule has 5 nitrogen and oxygen atoms in total. The number of rotatable bonds is 6. The van der Waals surface area contributed by atoms with Crippen molar-refractivity contribution in [2.24, 2.45) is 4.99 Å². The first-order valence-electron chi connectivity index (χ1n) is 9.16. The lowest BCUT2D eigenvalue weighted by molar-refractivity contribution is -0.129. The lowest BCUT2D eigenvalue weighted by Gasteiger charge is -2.11. The fourth-order valence-electron chi connectivity index (χ4n) is 2.90. The maximum absolute atomic E-state index is 12.2. The van der Waals surface area contributed by atoms with Gasteiger partial charge in [-0.2, -0.15) is 0 Å². The summed E-state index contributed by atoms with van der Waals surface area (Å²) in [5, 5.41) is 0. The van der Waals surface area contributed by atoms with Crippen LogP contribution < -0.4 is 9.47 Å². The molecule has 1 aliphatic heterocycles. The van der Waals surface area contributed by atoms with Crippen LogP contribution in [0.4, 0.5) is 0 Å². The summed E-state index contributed by atoms with van der Waals surface area (Å²) in [6, 6.07) is 24.6. The second-order valence-corrected chi connectivity index (χ2v) is 6.39. The first-order valence-corrected chi connectivity index (χ1v) is 9.16. The number of carbonyl (C=O) groups excluding carboxylic acids is 1. The SMILES string of the molecule is COc1ccc(/C=C2\N=C(c3ccccc3)OC2=O)cc1OCc1ccccc1. The Morgan fingerprint density at radius 2 is 1.66 bits per heavy atom. The molecular weight excluding hydrogens is 366 g/mol. The molecule has 0 spiro atoms. The fourth-order valence-corrected chi connectivity index (χ4v) is 2.90. The highest BCUT2D eigenvalue weighted by Gasteiger charge is 2.24. The van der Waals surface area contributed by atoms with Crippen molar-refractivity contribution in [2.75, 3.05) is 7.11 Å². The topological polar surface area (TPSA) is 57.1 Å². The Labute approximate surface area is 168 Å².